The lowest BCUT2D eigenvalue weighted by atomic mass is 9.97. The normalized spacial score (nSPS) is 11.5. The highest BCUT2D eigenvalue weighted by Crippen LogP contribution is 2.35. The fourth-order valence-corrected chi connectivity index (χ4v) is 2.80. The Hall–Kier alpha value is -1.80. The second-order valence-electron chi connectivity index (χ2n) is 5.79. The molecule has 3 heteroatoms. The summed E-state index contributed by atoms with van der Waals surface area (Å²) in [6.07, 6.45) is 0. The van der Waals surface area contributed by atoms with Crippen LogP contribution < -0.4 is 0 Å². The standard InChI is InChI=1S/C18H18ClNO/c1-10(2)14-9-15-17(16(19)12(14)4)21-18(20-15)13-7-5-11(3)6-8-13/h5-10H,1-4H3. The van der Waals surface area contributed by atoms with E-state index in [-0.39, 0.29) is 0 Å². The Bertz CT molecular complexity index is 800. The number of halogens is 1. The van der Waals surface area contributed by atoms with Crippen LogP contribution in [0, 0.1) is 13.8 Å². The summed E-state index contributed by atoms with van der Waals surface area (Å²) in [7, 11) is 0. The van der Waals surface area contributed by atoms with Crippen LogP contribution in [0.5, 0.6) is 0 Å². The Labute approximate surface area is 129 Å². The number of aryl methyl sites for hydroxylation is 1. The molecule has 0 saturated heterocycles. The molecule has 0 N–H and O–H groups in total. The smallest absolute Gasteiger partial charge is 0.227 e. The second kappa shape index (κ2) is 5.19. The van der Waals surface area contributed by atoms with Crippen molar-refractivity contribution in [2.45, 2.75) is 33.6 Å². The lowest BCUT2D eigenvalue weighted by molar-refractivity contribution is 0.619. The number of oxazole rings is 1. The largest absolute Gasteiger partial charge is 0.435 e. The van der Waals surface area contributed by atoms with E-state index < -0.39 is 0 Å². The van der Waals surface area contributed by atoms with Gasteiger partial charge < -0.3 is 4.42 Å². The molecule has 0 aliphatic heterocycles. The average Bonchev–Trinajstić information content (AvgIpc) is 2.87. The summed E-state index contributed by atoms with van der Waals surface area (Å²) in [5.41, 5.74) is 5.98. The maximum atomic E-state index is 6.47. The monoisotopic (exact) mass is 299 g/mol. The summed E-state index contributed by atoms with van der Waals surface area (Å²) < 4.78 is 5.90. The lowest BCUT2D eigenvalue weighted by Crippen LogP contribution is -1.93. The third-order valence-corrected chi connectivity index (χ3v) is 4.28. The summed E-state index contributed by atoms with van der Waals surface area (Å²) in [5, 5.41) is 0.669. The minimum Gasteiger partial charge on any atom is -0.435 e. The van der Waals surface area contributed by atoms with Crippen LogP contribution in [0.2, 0.25) is 5.02 Å². The molecule has 0 aliphatic carbocycles. The van der Waals surface area contributed by atoms with Gasteiger partial charge >= 0.3 is 0 Å². The van der Waals surface area contributed by atoms with Gasteiger partial charge in [0.05, 0.1) is 5.02 Å². The molecular formula is C18H18ClNO. The fraction of sp³-hybridized carbons (Fsp3) is 0.278. The highest BCUT2D eigenvalue weighted by atomic mass is 35.5. The highest BCUT2D eigenvalue weighted by molar-refractivity contribution is 6.35. The summed E-state index contributed by atoms with van der Waals surface area (Å²) in [6, 6.07) is 10.2. The van der Waals surface area contributed by atoms with Crippen molar-refractivity contribution in [1.82, 2.24) is 4.98 Å². The third kappa shape index (κ3) is 2.44. The van der Waals surface area contributed by atoms with E-state index in [9.17, 15) is 0 Å². The molecule has 3 aromatic rings. The predicted octanol–water partition coefficient (Wildman–Crippen LogP) is 5.89. The molecule has 1 heterocycles. The number of nitrogens with zero attached hydrogens (tertiary/aromatic N) is 1. The molecule has 21 heavy (non-hydrogen) atoms. The van der Waals surface area contributed by atoms with Crippen molar-refractivity contribution in [2.24, 2.45) is 0 Å². The number of rotatable bonds is 2. The molecule has 1 aromatic heterocycles. The van der Waals surface area contributed by atoms with Crippen molar-refractivity contribution < 1.29 is 4.42 Å². The van der Waals surface area contributed by atoms with Gasteiger partial charge in [-0.05, 0) is 49.1 Å². The molecular weight excluding hydrogens is 282 g/mol. The number of fused-ring (bicyclic) bond motifs is 1. The highest BCUT2D eigenvalue weighted by Gasteiger charge is 2.17. The van der Waals surface area contributed by atoms with E-state index in [0.29, 0.717) is 22.4 Å². The second-order valence-corrected chi connectivity index (χ2v) is 6.17. The SMILES string of the molecule is Cc1ccc(-c2nc3cc(C(C)C)c(C)c(Cl)c3o2)cc1. The van der Waals surface area contributed by atoms with Gasteiger partial charge in [0.15, 0.2) is 5.58 Å². The molecule has 3 rings (SSSR count). The summed E-state index contributed by atoms with van der Waals surface area (Å²) in [5.74, 6) is 1.03. The fourth-order valence-electron chi connectivity index (χ4n) is 2.56. The Morgan fingerprint density at radius 1 is 1.10 bits per heavy atom. The van der Waals surface area contributed by atoms with Gasteiger partial charge in [-0.1, -0.05) is 43.1 Å². The first-order chi connectivity index (χ1) is 9.97. The van der Waals surface area contributed by atoms with Crippen LogP contribution in [-0.4, -0.2) is 4.98 Å². The molecule has 0 unspecified atom stereocenters. The zero-order chi connectivity index (χ0) is 15.1. The van der Waals surface area contributed by atoms with Crippen LogP contribution in [0.15, 0.2) is 34.7 Å². The number of aromatic nitrogens is 1. The molecule has 0 atom stereocenters. The molecule has 108 valence electrons. The van der Waals surface area contributed by atoms with Gasteiger partial charge in [0.1, 0.15) is 5.52 Å². The molecule has 2 aromatic carbocycles. The van der Waals surface area contributed by atoms with Crippen LogP contribution in [-0.2, 0) is 0 Å². The third-order valence-electron chi connectivity index (χ3n) is 3.83. The lowest BCUT2D eigenvalue weighted by Gasteiger charge is -2.10. The maximum Gasteiger partial charge on any atom is 0.227 e. The quantitative estimate of drug-likeness (QED) is 0.590. The average molecular weight is 300 g/mol. The van der Waals surface area contributed by atoms with E-state index in [1.54, 1.807) is 0 Å². The summed E-state index contributed by atoms with van der Waals surface area (Å²) in [6.45, 7) is 8.41. The van der Waals surface area contributed by atoms with E-state index >= 15 is 0 Å². The van der Waals surface area contributed by atoms with Crippen LogP contribution in [0.4, 0.5) is 0 Å². The number of hydrogen-bond donors (Lipinski definition) is 0. The van der Waals surface area contributed by atoms with Gasteiger partial charge in [0.25, 0.3) is 0 Å². The van der Waals surface area contributed by atoms with Gasteiger partial charge in [0, 0.05) is 5.56 Å². The predicted molar refractivity (Wildman–Crippen MR) is 88.0 cm³/mol. The Morgan fingerprint density at radius 2 is 1.76 bits per heavy atom. The van der Waals surface area contributed by atoms with E-state index in [2.05, 4.69) is 44.0 Å². The Morgan fingerprint density at radius 3 is 2.38 bits per heavy atom. The van der Waals surface area contributed by atoms with Crippen LogP contribution >= 0.6 is 11.6 Å². The van der Waals surface area contributed by atoms with Crippen LogP contribution in [0.3, 0.4) is 0 Å². The molecule has 0 aliphatic rings. The first-order valence-electron chi connectivity index (χ1n) is 7.14. The topological polar surface area (TPSA) is 26.0 Å². The van der Waals surface area contributed by atoms with Gasteiger partial charge in [-0.15, -0.1) is 0 Å². The van der Waals surface area contributed by atoms with Crippen LogP contribution in [0.1, 0.15) is 36.5 Å². The van der Waals surface area contributed by atoms with E-state index in [0.717, 1.165) is 16.6 Å². The van der Waals surface area contributed by atoms with Gasteiger partial charge in [-0.2, -0.15) is 0 Å². The molecule has 0 fully saturated rings. The Kier molecular flexibility index (Phi) is 3.50. The van der Waals surface area contributed by atoms with Crippen molar-refractivity contribution in [3.63, 3.8) is 0 Å². The van der Waals surface area contributed by atoms with Crippen molar-refractivity contribution in [2.75, 3.05) is 0 Å². The minimum atomic E-state index is 0.409. The number of benzene rings is 2. The minimum absolute atomic E-state index is 0.409. The molecule has 2 nitrogen and oxygen atoms in total. The van der Waals surface area contributed by atoms with Gasteiger partial charge in [0.2, 0.25) is 5.89 Å². The van der Waals surface area contributed by atoms with Gasteiger partial charge in [-0.25, -0.2) is 4.98 Å². The van der Waals surface area contributed by atoms with E-state index in [1.807, 2.05) is 19.1 Å². The van der Waals surface area contributed by atoms with Crippen molar-refractivity contribution in [3.05, 3.63) is 52.0 Å². The molecule has 0 bridgehead atoms. The summed E-state index contributed by atoms with van der Waals surface area (Å²) >= 11 is 6.47. The zero-order valence-corrected chi connectivity index (χ0v) is 13.5. The first-order valence-corrected chi connectivity index (χ1v) is 7.51. The zero-order valence-electron chi connectivity index (χ0n) is 12.7. The van der Waals surface area contributed by atoms with Gasteiger partial charge in [-0.3, -0.25) is 0 Å². The molecule has 0 spiro atoms. The Balaban J connectivity index is 2.20. The first kappa shape index (κ1) is 14.2. The van der Waals surface area contributed by atoms with E-state index in [1.165, 1.54) is 11.1 Å². The number of hydrogen-bond acceptors (Lipinski definition) is 2. The van der Waals surface area contributed by atoms with Crippen molar-refractivity contribution in [3.8, 4) is 11.5 Å². The molecule has 0 amide bonds. The van der Waals surface area contributed by atoms with E-state index in [4.69, 9.17) is 16.0 Å². The molecule has 0 radical (unpaired) electrons. The maximum absolute atomic E-state index is 6.47. The van der Waals surface area contributed by atoms with Crippen LogP contribution in [0.25, 0.3) is 22.6 Å². The van der Waals surface area contributed by atoms with Crippen molar-refractivity contribution >= 4 is 22.7 Å². The summed E-state index contributed by atoms with van der Waals surface area (Å²) in [4.78, 5) is 4.61. The molecule has 0 saturated carbocycles. The van der Waals surface area contributed by atoms with Crippen molar-refractivity contribution in [1.29, 1.82) is 0 Å².